The average Bonchev–Trinajstić information content (AvgIpc) is 3.02. The lowest BCUT2D eigenvalue weighted by molar-refractivity contribution is -0.312. The van der Waals surface area contributed by atoms with Crippen LogP contribution in [0.5, 0.6) is 0 Å². The third-order valence-electron chi connectivity index (χ3n) is 5.25. The number of aliphatic hydroxyl groups is 8. The second-order valence-electron chi connectivity index (χ2n) is 6.71. The van der Waals surface area contributed by atoms with Gasteiger partial charge in [-0.15, -0.1) is 0 Å². The SMILES string of the molecule is O=C1[C@H](O[C@H]2O[C@H](CO)[C@@H](O)[C@H](O)[C@H]2O)[C@@H](O)[C@@H]2[C@@H](O)[C@H](O)[C@@H](CO)N12. The maximum Gasteiger partial charge on any atom is 0.255 e. The number of amides is 1. The molecule has 12 heteroatoms. The molecule has 0 unspecified atom stereocenters. The summed E-state index contributed by atoms with van der Waals surface area (Å²) in [5.74, 6) is -0.853. The van der Waals surface area contributed by atoms with E-state index in [1.165, 1.54) is 0 Å². The number of rotatable bonds is 4. The summed E-state index contributed by atoms with van der Waals surface area (Å²) < 4.78 is 10.4. The molecular formula is C14H23NO11. The molecule has 0 aromatic heterocycles. The van der Waals surface area contributed by atoms with Gasteiger partial charge in [-0.05, 0) is 0 Å². The van der Waals surface area contributed by atoms with Gasteiger partial charge in [0.1, 0.15) is 42.7 Å². The Balaban J connectivity index is 1.78. The molecule has 0 aromatic carbocycles. The molecule has 3 aliphatic rings. The Kier molecular flexibility index (Phi) is 5.52. The Morgan fingerprint density at radius 1 is 0.846 bits per heavy atom. The second-order valence-corrected chi connectivity index (χ2v) is 6.71. The first-order chi connectivity index (χ1) is 12.2. The highest BCUT2D eigenvalue weighted by molar-refractivity contribution is 5.86. The molecule has 3 saturated heterocycles. The zero-order valence-electron chi connectivity index (χ0n) is 13.5. The van der Waals surface area contributed by atoms with Crippen molar-refractivity contribution in [2.75, 3.05) is 13.2 Å². The van der Waals surface area contributed by atoms with Gasteiger partial charge in [0.05, 0.1) is 25.3 Å². The topological polar surface area (TPSA) is 201 Å². The van der Waals surface area contributed by atoms with E-state index in [1.54, 1.807) is 0 Å². The van der Waals surface area contributed by atoms with E-state index >= 15 is 0 Å². The summed E-state index contributed by atoms with van der Waals surface area (Å²) in [7, 11) is 0. The van der Waals surface area contributed by atoms with Gasteiger partial charge in [0.2, 0.25) is 0 Å². The van der Waals surface area contributed by atoms with E-state index in [-0.39, 0.29) is 0 Å². The number of carbonyl (C=O) groups is 1. The Hall–Kier alpha value is -0.930. The van der Waals surface area contributed by atoms with Crippen LogP contribution in [0.3, 0.4) is 0 Å². The summed E-state index contributed by atoms with van der Waals surface area (Å²) in [5.41, 5.74) is 0. The van der Waals surface area contributed by atoms with Crippen LogP contribution in [-0.4, -0.2) is 132 Å². The number of nitrogens with zero attached hydrogens (tertiary/aromatic N) is 1. The van der Waals surface area contributed by atoms with Crippen molar-refractivity contribution >= 4 is 5.91 Å². The molecule has 0 aromatic rings. The summed E-state index contributed by atoms with van der Waals surface area (Å²) in [6.45, 7) is -1.35. The molecule has 1 amide bonds. The lowest BCUT2D eigenvalue weighted by Gasteiger charge is -2.40. The minimum Gasteiger partial charge on any atom is -0.394 e. The molecule has 8 N–H and O–H groups in total. The normalized spacial score (nSPS) is 51.8. The van der Waals surface area contributed by atoms with Gasteiger partial charge in [-0.2, -0.15) is 0 Å². The van der Waals surface area contributed by atoms with Gasteiger partial charge in [0, 0.05) is 0 Å². The first kappa shape index (κ1) is 19.8. The molecule has 3 heterocycles. The van der Waals surface area contributed by atoms with Gasteiger partial charge in [-0.25, -0.2) is 0 Å². The number of ether oxygens (including phenoxy) is 2. The third kappa shape index (κ3) is 2.82. The lowest BCUT2D eigenvalue weighted by Crippen LogP contribution is -2.60. The highest BCUT2D eigenvalue weighted by Crippen LogP contribution is 2.37. The second kappa shape index (κ2) is 7.24. The molecule has 0 radical (unpaired) electrons. The van der Waals surface area contributed by atoms with E-state index in [4.69, 9.17) is 14.6 Å². The van der Waals surface area contributed by atoms with E-state index in [1.807, 2.05) is 0 Å². The van der Waals surface area contributed by atoms with Crippen LogP contribution < -0.4 is 0 Å². The van der Waals surface area contributed by atoms with Gasteiger partial charge in [0.15, 0.2) is 12.4 Å². The van der Waals surface area contributed by atoms with Gasteiger partial charge in [0.25, 0.3) is 5.91 Å². The molecule has 3 aliphatic heterocycles. The fraction of sp³-hybridized carbons (Fsp3) is 0.929. The maximum absolute atomic E-state index is 12.5. The highest BCUT2D eigenvalue weighted by atomic mass is 16.7. The fourth-order valence-electron chi connectivity index (χ4n) is 3.79. The van der Waals surface area contributed by atoms with Crippen LogP contribution in [-0.2, 0) is 14.3 Å². The van der Waals surface area contributed by atoms with Crippen molar-refractivity contribution in [1.29, 1.82) is 0 Å². The zero-order valence-corrected chi connectivity index (χ0v) is 13.5. The molecule has 12 nitrogen and oxygen atoms in total. The smallest absolute Gasteiger partial charge is 0.255 e. The largest absolute Gasteiger partial charge is 0.394 e. The zero-order chi connectivity index (χ0) is 19.3. The van der Waals surface area contributed by atoms with E-state index in [9.17, 15) is 40.5 Å². The molecule has 3 fully saturated rings. The fourth-order valence-corrected chi connectivity index (χ4v) is 3.79. The van der Waals surface area contributed by atoms with Crippen LogP contribution >= 0.6 is 0 Å². The predicted molar refractivity (Wildman–Crippen MR) is 78.2 cm³/mol. The van der Waals surface area contributed by atoms with Crippen molar-refractivity contribution in [3.05, 3.63) is 0 Å². The molecule has 150 valence electrons. The van der Waals surface area contributed by atoms with Gasteiger partial charge < -0.3 is 55.2 Å². The Labute approximate surface area is 147 Å². The maximum atomic E-state index is 12.5. The summed E-state index contributed by atoms with van der Waals surface area (Å²) >= 11 is 0. The van der Waals surface area contributed by atoms with Crippen molar-refractivity contribution in [2.45, 2.75) is 67.2 Å². The molecule has 0 saturated carbocycles. The number of hydrogen-bond acceptors (Lipinski definition) is 11. The van der Waals surface area contributed by atoms with E-state index in [0.29, 0.717) is 0 Å². The molecule has 11 atom stereocenters. The first-order valence-corrected chi connectivity index (χ1v) is 8.17. The van der Waals surface area contributed by atoms with E-state index in [0.717, 1.165) is 4.90 Å². The number of carbonyl (C=O) groups excluding carboxylic acids is 1. The van der Waals surface area contributed by atoms with Gasteiger partial charge in [-0.1, -0.05) is 0 Å². The van der Waals surface area contributed by atoms with Gasteiger partial charge >= 0.3 is 0 Å². The molecular weight excluding hydrogens is 358 g/mol. The monoisotopic (exact) mass is 381 g/mol. The summed E-state index contributed by atoms with van der Waals surface area (Å²) in [4.78, 5) is 13.5. The predicted octanol–water partition coefficient (Wildman–Crippen LogP) is -6.16. The standard InChI is InChI=1S/C14H23NO11/c16-1-3-6(18)8(20)5-9(21)12(13(24)15(3)5)26-14-11(23)10(22)7(19)4(2-17)25-14/h3-12,14,16-23H,1-2H2/t3-,4-,5+,6-,7-,8-,9+,10+,11-,12-,14-/m1/s1. The van der Waals surface area contributed by atoms with Crippen molar-refractivity contribution in [2.24, 2.45) is 0 Å². The molecule has 26 heavy (non-hydrogen) atoms. The number of hydrogen-bond donors (Lipinski definition) is 8. The Morgan fingerprint density at radius 3 is 2.08 bits per heavy atom. The molecule has 0 aliphatic carbocycles. The van der Waals surface area contributed by atoms with Crippen molar-refractivity contribution in [3.63, 3.8) is 0 Å². The van der Waals surface area contributed by atoms with Crippen LogP contribution in [0.25, 0.3) is 0 Å². The summed E-state index contributed by atoms with van der Waals surface area (Å²) in [6.07, 6.45) is -14.2. The molecule has 3 rings (SSSR count). The average molecular weight is 381 g/mol. The highest BCUT2D eigenvalue weighted by Gasteiger charge is 2.62. The van der Waals surface area contributed by atoms with Crippen LogP contribution in [0.2, 0.25) is 0 Å². The van der Waals surface area contributed by atoms with Crippen molar-refractivity contribution < 1.29 is 55.1 Å². The minimum absolute atomic E-state index is 0.653. The van der Waals surface area contributed by atoms with Crippen LogP contribution in [0, 0.1) is 0 Å². The Morgan fingerprint density at radius 2 is 1.50 bits per heavy atom. The summed E-state index contributed by atoms with van der Waals surface area (Å²) in [6, 6.07) is -2.37. The van der Waals surface area contributed by atoms with Gasteiger partial charge in [-0.3, -0.25) is 4.79 Å². The number of aliphatic hydroxyl groups excluding tert-OH is 8. The number of fused-ring (bicyclic) bond motifs is 1. The molecule has 0 bridgehead atoms. The third-order valence-corrected chi connectivity index (χ3v) is 5.25. The minimum atomic E-state index is -1.77. The van der Waals surface area contributed by atoms with E-state index < -0.39 is 86.3 Å². The molecule has 0 spiro atoms. The quantitative estimate of drug-likeness (QED) is 0.230. The van der Waals surface area contributed by atoms with Crippen LogP contribution in [0.4, 0.5) is 0 Å². The van der Waals surface area contributed by atoms with Crippen LogP contribution in [0.1, 0.15) is 0 Å². The van der Waals surface area contributed by atoms with Crippen molar-refractivity contribution in [1.82, 2.24) is 4.90 Å². The summed E-state index contributed by atoms with van der Waals surface area (Å²) in [5, 5.41) is 78.2. The Bertz CT molecular complexity index is 533. The van der Waals surface area contributed by atoms with Crippen molar-refractivity contribution in [3.8, 4) is 0 Å². The first-order valence-electron chi connectivity index (χ1n) is 8.17. The van der Waals surface area contributed by atoms with E-state index in [2.05, 4.69) is 0 Å². The van der Waals surface area contributed by atoms with Crippen LogP contribution in [0.15, 0.2) is 0 Å². The lowest BCUT2D eigenvalue weighted by atomic mass is 9.98.